The average molecular weight is 316 g/mol. The third-order valence-corrected chi connectivity index (χ3v) is 6.74. The molecule has 1 N–H and O–H groups in total. The lowest BCUT2D eigenvalue weighted by Crippen LogP contribution is -2.48. The molecule has 0 spiro atoms. The summed E-state index contributed by atoms with van der Waals surface area (Å²) in [6.45, 7) is 4.02. The van der Waals surface area contributed by atoms with Gasteiger partial charge in [-0.15, -0.1) is 0 Å². The Morgan fingerprint density at radius 3 is 3.00 bits per heavy atom. The molecule has 1 aromatic rings. The minimum absolute atomic E-state index is 0.130. The molecule has 1 aromatic heterocycles. The number of aliphatic hydroxyl groups excluding tert-OH is 1. The normalized spacial score (nSPS) is 21.8. The molecule has 0 radical (unpaired) electrons. The molecule has 0 bridgehead atoms. The standard InChI is InChI=1S/C13H20N2O3S2/c1-3-20(17,18)13-9-19-7-6-15(13)12-8-11(10(2)16)4-5-14-12/h4-5,8,10,13,16H,3,6-7,9H2,1-2H3/t10-,13?/m1/s1. The van der Waals surface area contributed by atoms with E-state index in [1.165, 1.54) is 0 Å². The zero-order valence-corrected chi connectivity index (χ0v) is 13.3. The fraction of sp³-hybridized carbons (Fsp3) is 0.615. The number of rotatable bonds is 4. The van der Waals surface area contributed by atoms with Crippen LogP contribution in [0.5, 0.6) is 0 Å². The lowest BCUT2D eigenvalue weighted by Gasteiger charge is -2.35. The lowest BCUT2D eigenvalue weighted by molar-refractivity contribution is 0.199. The number of nitrogens with zero attached hydrogens (tertiary/aromatic N) is 2. The molecule has 112 valence electrons. The molecular weight excluding hydrogens is 296 g/mol. The van der Waals surface area contributed by atoms with Gasteiger partial charge >= 0.3 is 0 Å². The first-order valence-electron chi connectivity index (χ1n) is 6.65. The van der Waals surface area contributed by atoms with Gasteiger partial charge in [-0.2, -0.15) is 11.8 Å². The van der Waals surface area contributed by atoms with Gasteiger partial charge in [-0.05, 0) is 24.6 Å². The van der Waals surface area contributed by atoms with Crippen LogP contribution < -0.4 is 4.90 Å². The molecule has 2 heterocycles. The van der Waals surface area contributed by atoms with Crippen LogP contribution >= 0.6 is 11.8 Å². The third kappa shape index (κ3) is 3.27. The molecule has 1 unspecified atom stereocenters. The Bertz CT molecular complexity index is 560. The van der Waals surface area contributed by atoms with Gasteiger partial charge in [-0.3, -0.25) is 0 Å². The highest BCUT2D eigenvalue weighted by Gasteiger charge is 2.33. The Kier molecular flexibility index (Phi) is 4.93. The summed E-state index contributed by atoms with van der Waals surface area (Å²) in [5, 5.41) is 9.12. The predicted octanol–water partition coefficient (Wildman–Crippen LogP) is 1.45. The smallest absolute Gasteiger partial charge is 0.171 e. The summed E-state index contributed by atoms with van der Waals surface area (Å²) in [5.41, 5.74) is 0.751. The van der Waals surface area contributed by atoms with Gasteiger partial charge in [-0.25, -0.2) is 13.4 Å². The lowest BCUT2D eigenvalue weighted by atomic mass is 10.1. The van der Waals surface area contributed by atoms with E-state index in [-0.39, 0.29) is 5.75 Å². The van der Waals surface area contributed by atoms with Crippen molar-refractivity contribution < 1.29 is 13.5 Å². The topological polar surface area (TPSA) is 70.5 Å². The minimum Gasteiger partial charge on any atom is -0.389 e. The number of aliphatic hydroxyl groups is 1. The van der Waals surface area contributed by atoms with Crippen LogP contribution in [0.1, 0.15) is 25.5 Å². The van der Waals surface area contributed by atoms with Crippen LogP contribution in [0.2, 0.25) is 0 Å². The van der Waals surface area contributed by atoms with Crippen LogP contribution in [0.3, 0.4) is 0 Å². The van der Waals surface area contributed by atoms with Crippen LogP contribution in [0.15, 0.2) is 18.3 Å². The number of hydrogen-bond acceptors (Lipinski definition) is 6. The van der Waals surface area contributed by atoms with E-state index in [9.17, 15) is 13.5 Å². The fourth-order valence-electron chi connectivity index (χ4n) is 2.18. The van der Waals surface area contributed by atoms with Crippen molar-refractivity contribution in [3.05, 3.63) is 23.9 Å². The van der Waals surface area contributed by atoms with Crippen molar-refractivity contribution in [2.75, 3.05) is 28.7 Å². The van der Waals surface area contributed by atoms with Crippen molar-refractivity contribution in [3.63, 3.8) is 0 Å². The predicted molar refractivity (Wildman–Crippen MR) is 82.8 cm³/mol. The van der Waals surface area contributed by atoms with E-state index >= 15 is 0 Å². The van der Waals surface area contributed by atoms with Gasteiger partial charge < -0.3 is 10.0 Å². The molecule has 2 atom stereocenters. The molecule has 1 aliphatic rings. The molecule has 0 amide bonds. The molecule has 1 saturated heterocycles. The van der Waals surface area contributed by atoms with Crippen LogP contribution in [-0.2, 0) is 9.84 Å². The Morgan fingerprint density at radius 1 is 1.60 bits per heavy atom. The largest absolute Gasteiger partial charge is 0.389 e. The first-order chi connectivity index (χ1) is 9.45. The maximum Gasteiger partial charge on any atom is 0.171 e. The van der Waals surface area contributed by atoms with Gasteiger partial charge in [0.2, 0.25) is 0 Å². The fourth-order valence-corrected chi connectivity index (χ4v) is 5.16. The Balaban J connectivity index is 2.35. The highest BCUT2D eigenvalue weighted by Crippen LogP contribution is 2.27. The number of thioether (sulfide) groups is 1. The van der Waals surface area contributed by atoms with E-state index in [2.05, 4.69) is 4.98 Å². The van der Waals surface area contributed by atoms with E-state index in [0.717, 1.165) is 11.3 Å². The van der Waals surface area contributed by atoms with Crippen LogP contribution in [-0.4, -0.2) is 47.7 Å². The van der Waals surface area contributed by atoms with Gasteiger partial charge in [-0.1, -0.05) is 6.92 Å². The molecular formula is C13H20N2O3S2. The summed E-state index contributed by atoms with van der Waals surface area (Å²) < 4.78 is 24.4. The quantitative estimate of drug-likeness (QED) is 0.906. The molecule has 0 saturated carbocycles. The second-order valence-electron chi connectivity index (χ2n) is 4.80. The molecule has 1 aliphatic heterocycles. The Morgan fingerprint density at radius 2 is 2.35 bits per heavy atom. The van der Waals surface area contributed by atoms with Crippen LogP contribution in [0, 0.1) is 0 Å². The summed E-state index contributed by atoms with van der Waals surface area (Å²) in [6, 6.07) is 3.52. The summed E-state index contributed by atoms with van der Waals surface area (Å²) in [5.74, 6) is 2.21. The highest BCUT2D eigenvalue weighted by molar-refractivity contribution is 8.01. The second-order valence-corrected chi connectivity index (χ2v) is 8.39. The summed E-state index contributed by atoms with van der Waals surface area (Å²) >= 11 is 1.66. The van der Waals surface area contributed by atoms with Crippen LogP contribution in [0.4, 0.5) is 5.82 Å². The summed E-state index contributed by atoms with van der Waals surface area (Å²) in [6.07, 6.45) is 1.03. The third-order valence-electron chi connectivity index (χ3n) is 3.45. The SMILES string of the molecule is CCS(=O)(=O)C1CSCCN1c1cc([C@@H](C)O)ccn1. The van der Waals surface area contributed by atoms with Gasteiger partial charge in [0.05, 0.1) is 6.10 Å². The van der Waals surface area contributed by atoms with Crippen molar-refractivity contribution in [2.45, 2.75) is 25.3 Å². The van der Waals surface area contributed by atoms with E-state index in [1.54, 1.807) is 43.9 Å². The number of aromatic nitrogens is 1. The van der Waals surface area contributed by atoms with E-state index < -0.39 is 21.3 Å². The molecule has 0 aromatic carbocycles. The maximum absolute atomic E-state index is 12.2. The molecule has 5 nitrogen and oxygen atoms in total. The van der Waals surface area contributed by atoms with Gasteiger partial charge in [0.1, 0.15) is 11.2 Å². The van der Waals surface area contributed by atoms with Gasteiger partial charge in [0.15, 0.2) is 9.84 Å². The average Bonchev–Trinajstić information content (AvgIpc) is 2.47. The van der Waals surface area contributed by atoms with Crippen molar-refractivity contribution in [1.82, 2.24) is 4.98 Å². The maximum atomic E-state index is 12.2. The zero-order valence-electron chi connectivity index (χ0n) is 11.7. The summed E-state index contributed by atoms with van der Waals surface area (Å²) in [4.78, 5) is 6.13. The number of pyridine rings is 1. The number of sulfone groups is 1. The summed E-state index contributed by atoms with van der Waals surface area (Å²) in [7, 11) is -3.15. The molecule has 2 rings (SSSR count). The van der Waals surface area contributed by atoms with E-state index in [1.807, 2.05) is 4.90 Å². The van der Waals surface area contributed by atoms with Crippen LogP contribution in [0.25, 0.3) is 0 Å². The molecule has 20 heavy (non-hydrogen) atoms. The second kappa shape index (κ2) is 6.32. The van der Waals surface area contributed by atoms with Crippen molar-refractivity contribution in [3.8, 4) is 0 Å². The minimum atomic E-state index is -3.15. The van der Waals surface area contributed by atoms with E-state index in [0.29, 0.717) is 18.1 Å². The number of anilines is 1. The molecule has 0 aliphatic carbocycles. The highest BCUT2D eigenvalue weighted by atomic mass is 32.2. The van der Waals surface area contributed by atoms with Crippen molar-refractivity contribution >= 4 is 27.4 Å². The van der Waals surface area contributed by atoms with Gasteiger partial charge in [0.25, 0.3) is 0 Å². The number of hydrogen-bond donors (Lipinski definition) is 1. The van der Waals surface area contributed by atoms with Crippen molar-refractivity contribution in [1.29, 1.82) is 0 Å². The van der Waals surface area contributed by atoms with E-state index in [4.69, 9.17) is 0 Å². The Labute approximate surface area is 124 Å². The van der Waals surface area contributed by atoms with Crippen molar-refractivity contribution in [2.24, 2.45) is 0 Å². The molecule has 1 fully saturated rings. The Hall–Kier alpha value is -0.790. The first kappa shape index (κ1) is 15.6. The molecule has 7 heteroatoms. The monoisotopic (exact) mass is 316 g/mol. The van der Waals surface area contributed by atoms with Gasteiger partial charge in [0, 0.05) is 30.0 Å². The first-order valence-corrected chi connectivity index (χ1v) is 9.52. The zero-order chi connectivity index (χ0) is 14.8.